The van der Waals surface area contributed by atoms with Crippen LogP contribution in [0.5, 0.6) is 5.75 Å². The molecule has 0 unspecified atom stereocenters. The fourth-order valence-corrected chi connectivity index (χ4v) is 2.39. The Labute approximate surface area is 151 Å². The summed E-state index contributed by atoms with van der Waals surface area (Å²) in [6.45, 7) is 11.8. The number of ether oxygens (including phenoxy) is 1. The Morgan fingerprint density at radius 1 is 1.08 bits per heavy atom. The molecule has 0 saturated heterocycles. The van der Waals surface area contributed by atoms with E-state index >= 15 is 0 Å². The zero-order valence-electron chi connectivity index (χ0n) is 15.9. The van der Waals surface area contributed by atoms with E-state index in [9.17, 15) is 0 Å². The van der Waals surface area contributed by atoms with E-state index in [0.717, 1.165) is 16.9 Å². The third-order valence-electron chi connectivity index (χ3n) is 4.23. The first-order chi connectivity index (χ1) is 11.7. The van der Waals surface area contributed by atoms with Gasteiger partial charge in [0.15, 0.2) is 0 Å². The normalized spacial score (nSPS) is 13.5. The Hall–Kier alpha value is -1.98. The third-order valence-corrected chi connectivity index (χ3v) is 4.23. The van der Waals surface area contributed by atoms with Gasteiger partial charge in [-0.1, -0.05) is 26.8 Å². The van der Waals surface area contributed by atoms with Crippen molar-refractivity contribution >= 4 is 0 Å². The highest BCUT2D eigenvalue weighted by Crippen LogP contribution is 2.24. The number of nitrogens with two attached hydrogens (primary N) is 1. The average molecular weight is 342 g/mol. The highest BCUT2D eigenvalue weighted by Gasteiger charge is 2.21. The molecule has 0 spiro atoms. The predicted octanol–water partition coefficient (Wildman–Crippen LogP) is 3.01. The minimum Gasteiger partial charge on any atom is -0.490 e. The second-order valence-corrected chi connectivity index (χ2v) is 7.98. The van der Waals surface area contributed by atoms with Gasteiger partial charge >= 0.3 is 0 Å². The molecule has 1 atom stereocenters. The molecule has 0 saturated carbocycles. The fourth-order valence-electron chi connectivity index (χ4n) is 2.39. The molecule has 5 heteroatoms. The van der Waals surface area contributed by atoms with Crippen LogP contribution in [0.3, 0.4) is 0 Å². The van der Waals surface area contributed by atoms with Crippen LogP contribution in [0.2, 0.25) is 0 Å². The van der Waals surface area contributed by atoms with Crippen molar-refractivity contribution in [1.82, 2.24) is 15.3 Å². The van der Waals surface area contributed by atoms with Gasteiger partial charge in [0.25, 0.3) is 0 Å². The highest BCUT2D eigenvalue weighted by atomic mass is 16.5. The zero-order valence-corrected chi connectivity index (χ0v) is 15.9. The summed E-state index contributed by atoms with van der Waals surface area (Å²) < 4.78 is 5.83. The number of aromatic nitrogens is 2. The van der Waals surface area contributed by atoms with Crippen molar-refractivity contribution in [1.29, 1.82) is 0 Å². The highest BCUT2D eigenvalue weighted by molar-refractivity contribution is 5.28. The van der Waals surface area contributed by atoms with Crippen molar-refractivity contribution < 1.29 is 4.74 Å². The first-order valence-electron chi connectivity index (χ1n) is 8.68. The smallest absolute Gasteiger partial charge is 0.137 e. The van der Waals surface area contributed by atoms with Gasteiger partial charge in [0.1, 0.15) is 12.4 Å². The first kappa shape index (κ1) is 19.3. The predicted molar refractivity (Wildman–Crippen MR) is 102 cm³/mol. The second kappa shape index (κ2) is 7.93. The van der Waals surface area contributed by atoms with E-state index in [-0.39, 0.29) is 17.0 Å². The van der Waals surface area contributed by atoms with Gasteiger partial charge in [0, 0.05) is 30.7 Å². The maximum Gasteiger partial charge on any atom is 0.137 e. The minimum absolute atomic E-state index is 0.0454. The van der Waals surface area contributed by atoms with Crippen LogP contribution in [-0.2, 0) is 11.0 Å². The Balaban J connectivity index is 1.86. The largest absolute Gasteiger partial charge is 0.490 e. The number of rotatable bonds is 7. The average Bonchev–Trinajstić information content (AvgIpc) is 2.58. The van der Waals surface area contributed by atoms with E-state index in [0.29, 0.717) is 13.2 Å². The van der Waals surface area contributed by atoms with Crippen LogP contribution in [0.15, 0.2) is 43.0 Å². The SMILES string of the molecule is CC(C)(C)c1cncc(OC[C@@H](N)CNC(C)(C)c2cccnc2)c1. The molecule has 2 heterocycles. The fraction of sp³-hybridized carbons (Fsp3) is 0.500. The van der Waals surface area contributed by atoms with Crippen LogP contribution in [0.1, 0.15) is 45.7 Å². The van der Waals surface area contributed by atoms with Crippen LogP contribution >= 0.6 is 0 Å². The summed E-state index contributed by atoms with van der Waals surface area (Å²) in [6, 6.07) is 5.92. The van der Waals surface area contributed by atoms with Gasteiger partial charge < -0.3 is 15.8 Å². The maximum absolute atomic E-state index is 6.21. The summed E-state index contributed by atoms with van der Waals surface area (Å²) in [4.78, 5) is 8.44. The van der Waals surface area contributed by atoms with Gasteiger partial charge in [0.2, 0.25) is 0 Å². The van der Waals surface area contributed by atoms with Crippen LogP contribution in [0.25, 0.3) is 0 Å². The Kier molecular flexibility index (Phi) is 6.14. The molecular formula is C20H30N4O. The molecule has 2 aromatic rings. The lowest BCUT2D eigenvalue weighted by Crippen LogP contribution is -2.46. The van der Waals surface area contributed by atoms with Gasteiger partial charge in [-0.05, 0) is 42.5 Å². The van der Waals surface area contributed by atoms with Crippen LogP contribution < -0.4 is 15.8 Å². The van der Waals surface area contributed by atoms with Crippen molar-refractivity contribution in [2.24, 2.45) is 5.73 Å². The van der Waals surface area contributed by atoms with Crippen LogP contribution in [0, 0.1) is 0 Å². The van der Waals surface area contributed by atoms with Crippen molar-refractivity contribution in [2.75, 3.05) is 13.2 Å². The molecule has 3 N–H and O–H groups in total. The molecule has 0 fully saturated rings. The molecule has 0 aliphatic rings. The van der Waals surface area contributed by atoms with Crippen molar-refractivity contribution in [2.45, 2.75) is 51.6 Å². The molecule has 0 bridgehead atoms. The maximum atomic E-state index is 6.21. The lowest BCUT2D eigenvalue weighted by atomic mass is 9.88. The molecule has 0 aliphatic carbocycles. The van der Waals surface area contributed by atoms with Gasteiger partial charge in [0.05, 0.1) is 12.2 Å². The molecule has 0 aliphatic heterocycles. The van der Waals surface area contributed by atoms with Crippen molar-refractivity contribution in [3.8, 4) is 5.75 Å². The molecule has 2 aromatic heterocycles. The van der Waals surface area contributed by atoms with E-state index in [1.165, 1.54) is 0 Å². The molecule has 25 heavy (non-hydrogen) atoms. The van der Waals surface area contributed by atoms with Gasteiger partial charge in [-0.2, -0.15) is 0 Å². The van der Waals surface area contributed by atoms with E-state index in [1.807, 2.05) is 24.5 Å². The minimum atomic E-state index is -0.195. The number of hydrogen-bond acceptors (Lipinski definition) is 5. The number of nitrogens with one attached hydrogen (secondary N) is 1. The number of pyridine rings is 2. The molecule has 136 valence electrons. The Bertz CT molecular complexity index is 665. The van der Waals surface area contributed by atoms with Crippen molar-refractivity contribution in [3.63, 3.8) is 0 Å². The summed E-state index contributed by atoms with van der Waals surface area (Å²) in [5.41, 5.74) is 8.34. The van der Waals surface area contributed by atoms with E-state index < -0.39 is 0 Å². The summed E-state index contributed by atoms with van der Waals surface area (Å²) >= 11 is 0. The molecule has 5 nitrogen and oxygen atoms in total. The van der Waals surface area contributed by atoms with E-state index in [4.69, 9.17) is 10.5 Å². The zero-order chi connectivity index (χ0) is 18.5. The summed E-state index contributed by atoms with van der Waals surface area (Å²) in [5, 5.41) is 3.49. The molecule has 0 amide bonds. The van der Waals surface area contributed by atoms with Crippen LogP contribution in [0.4, 0.5) is 0 Å². The Morgan fingerprint density at radius 2 is 1.80 bits per heavy atom. The molecule has 2 rings (SSSR count). The molecule has 0 radical (unpaired) electrons. The summed E-state index contributed by atoms with van der Waals surface area (Å²) in [5.74, 6) is 0.759. The first-order valence-corrected chi connectivity index (χ1v) is 8.68. The standard InChI is InChI=1S/C20H30N4O/c1-19(2,3)16-9-18(13-23-11-16)25-14-17(21)12-24-20(4,5)15-7-6-8-22-10-15/h6-11,13,17,24H,12,14,21H2,1-5H3/t17-/m0/s1. The Morgan fingerprint density at radius 3 is 2.44 bits per heavy atom. The number of nitrogens with zero attached hydrogens (tertiary/aromatic N) is 2. The monoisotopic (exact) mass is 342 g/mol. The van der Waals surface area contributed by atoms with E-state index in [2.05, 4.69) is 56.0 Å². The lowest BCUT2D eigenvalue weighted by Gasteiger charge is -2.28. The second-order valence-electron chi connectivity index (χ2n) is 7.98. The lowest BCUT2D eigenvalue weighted by molar-refractivity contribution is 0.269. The quantitative estimate of drug-likeness (QED) is 0.809. The molecular weight excluding hydrogens is 312 g/mol. The summed E-state index contributed by atoms with van der Waals surface area (Å²) in [6.07, 6.45) is 7.26. The van der Waals surface area contributed by atoms with Gasteiger partial charge in [-0.25, -0.2) is 0 Å². The van der Waals surface area contributed by atoms with Gasteiger partial charge in [-0.15, -0.1) is 0 Å². The van der Waals surface area contributed by atoms with Crippen LogP contribution in [-0.4, -0.2) is 29.2 Å². The number of hydrogen-bond donors (Lipinski definition) is 2. The van der Waals surface area contributed by atoms with Crippen molar-refractivity contribution in [3.05, 3.63) is 54.1 Å². The van der Waals surface area contributed by atoms with Gasteiger partial charge in [-0.3, -0.25) is 9.97 Å². The third kappa shape index (κ3) is 5.80. The van der Waals surface area contributed by atoms with E-state index in [1.54, 1.807) is 12.4 Å². The molecule has 0 aromatic carbocycles. The topological polar surface area (TPSA) is 73.1 Å². The summed E-state index contributed by atoms with van der Waals surface area (Å²) in [7, 11) is 0.